The molecule has 2 aromatic carbocycles. The molecule has 0 fully saturated rings. The first kappa shape index (κ1) is 13.5. The summed E-state index contributed by atoms with van der Waals surface area (Å²) in [5.74, 6) is 0. The zero-order chi connectivity index (χ0) is 15.5. The highest BCUT2D eigenvalue weighted by Crippen LogP contribution is 2.52. The maximum absolute atomic E-state index is 11.3. The van der Waals surface area contributed by atoms with Gasteiger partial charge in [-0.25, -0.2) is 4.98 Å². The van der Waals surface area contributed by atoms with Crippen molar-refractivity contribution in [2.75, 3.05) is 0 Å². The van der Waals surface area contributed by atoms with Crippen LogP contribution in [-0.2, 0) is 11.0 Å². The molecule has 1 aliphatic rings. The molecular formula is C20H19NO. The molecule has 0 saturated carbocycles. The van der Waals surface area contributed by atoms with Crippen molar-refractivity contribution in [2.24, 2.45) is 0 Å². The standard InChI is InChI=1S/C20H19NO/c1-19(2)15-10-6-5-9-14(15)18-16(20(19,3)22)12-13-8-4-7-11-17(13)21-18/h4-12,22H,1-3H3. The van der Waals surface area contributed by atoms with Gasteiger partial charge in [-0.1, -0.05) is 56.3 Å². The Hall–Kier alpha value is -2.19. The summed E-state index contributed by atoms with van der Waals surface area (Å²) in [4.78, 5) is 4.86. The van der Waals surface area contributed by atoms with Crippen LogP contribution in [0.4, 0.5) is 0 Å². The number of para-hydroxylation sites is 1. The first-order chi connectivity index (χ1) is 10.4. The third-order valence-electron chi connectivity index (χ3n) is 5.32. The summed E-state index contributed by atoms with van der Waals surface area (Å²) >= 11 is 0. The SMILES string of the molecule is CC1(C)c2ccccc2-c2nc3ccccc3cc2C1(C)O. The molecule has 4 rings (SSSR count). The van der Waals surface area contributed by atoms with Crippen LogP contribution in [0.15, 0.2) is 54.6 Å². The van der Waals surface area contributed by atoms with Gasteiger partial charge in [0.25, 0.3) is 0 Å². The summed E-state index contributed by atoms with van der Waals surface area (Å²) in [5.41, 5.74) is 3.71. The van der Waals surface area contributed by atoms with Crippen LogP contribution in [0.1, 0.15) is 31.9 Å². The van der Waals surface area contributed by atoms with Gasteiger partial charge in [-0.05, 0) is 24.6 Å². The fraction of sp³-hybridized carbons (Fsp3) is 0.250. The van der Waals surface area contributed by atoms with E-state index in [1.54, 1.807) is 0 Å². The number of nitrogens with zero attached hydrogens (tertiary/aromatic N) is 1. The van der Waals surface area contributed by atoms with Crippen molar-refractivity contribution in [2.45, 2.75) is 31.8 Å². The molecule has 1 atom stereocenters. The van der Waals surface area contributed by atoms with Gasteiger partial charge in [0.1, 0.15) is 0 Å². The van der Waals surface area contributed by atoms with E-state index in [0.29, 0.717) is 0 Å². The van der Waals surface area contributed by atoms with E-state index < -0.39 is 5.60 Å². The predicted molar refractivity (Wildman–Crippen MR) is 89.8 cm³/mol. The van der Waals surface area contributed by atoms with Gasteiger partial charge in [-0.2, -0.15) is 0 Å². The van der Waals surface area contributed by atoms with E-state index in [4.69, 9.17) is 4.98 Å². The van der Waals surface area contributed by atoms with Crippen molar-refractivity contribution in [1.29, 1.82) is 0 Å². The lowest BCUT2D eigenvalue weighted by molar-refractivity contribution is -0.0153. The molecule has 1 unspecified atom stereocenters. The summed E-state index contributed by atoms with van der Waals surface area (Å²) in [6.45, 7) is 6.10. The number of fused-ring (bicyclic) bond motifs is 4. The van der Waals surface area contributed by atoms with Gasteiger partial charge in [0.15, 0.2) is 0 Å². The maximum atomic E-state index is 11.3. The van der Waals surface area contributed by atoms with Crippen molar-refractivity contribution >= 4 is 10.9 Å². The highest BCUT2D eigenvalue weighted by atomic mass is 16.3. The summed E-state index contributed by atoms with van der Waals surface area (Å²) in [6, 6.07) is 18.4. The largest absolute Gasteiger partial charge is 0.384 e. The summed E-state index contributed by atoms with van der Waals surface area (Å²) in [7, 11) is 0. The molecule has 0 amide bonds. The second-order valence-corrected chi connectivity index (χ2v) is 6.82. The van der Waals surface area contributed by atoms with E-state index in [0.717, 1.165) is 33.3 Å². The fourth-order valence-corrected chi connectivity index (χ4v) is 3.53. The van der Waals surface area contributed by atoms with Crippen LogP contribution in [0.5, 0.6) is 0 Å². The van der Waals surface area contributed by atoms with Crippen LogP contribution >= 0.6 is 0 Å². The fourth-order valence-electron chi connectivity index (χ4n) is 3.53. The minimum Gasteiger partial charge on any atom is -0.384 e. The number of aliphatic hydroxyl groups is 1. The van der Waals surface area contributed by atoms with Gasteiger partial charge in [-0.3, -0.25) is 0 Å². The molecule has 1 aromatic heterocycles. The van der Waals surface area contributed by atoms with Crippen LogP contribution in [0.25, 0.3) is 22.2 Å². The van der Waals surface area contributed by atoms with Gasteiger partial charge < -0.3 is 5.11 Å². The zero-order valence-electron chi connectivity index (χ0n) is 13.1. The molecule has 3 aromatic rings. The number of aromatic nitrogens is 1. The van der Waals surface area contributed by atoms with Crippen LogP contribution in [0, 0.1) is 0 Å². The van der Waals surface area contributed by atoms with Crippen LogP contribution in [0.2, 0.25) is 0 Å². The lowest BCUT2D eigenvalue weighted by Crippen LogP contribution is -2.46. The van der Waals surface area contributed by atoms with Crippen molar-refractivity contribution < 1.29 is 5.11 Å². The summed E-state index contributed by atoms with van der Waals surface area (Å²) < 4.78 is 0. The zero-order valence-corrected chi connectivity index (χ0v) is 13.1. The van der Waals surface area contributed by atoms with Gasteiger partial charge >= 0.3 is 0 Å². The smallest absolute Gasteiger partial charge is 0.0980 e. The highest BCUT2D eigenvalue weighted by molar-refractivity contribution is 5.86. The third kappa shape index (κ3) is 1.56. The second kappa shape index (κ2) is 4.17. The number of pyridine rings is 1. The maximum Gasteiger partial charge on any atom is 0.0980 e. The quantitative estimate of drug-likeness (QED) is 0.665. The Morgan fingerprint density at radius 2 is 1.55 bits per heavy atom. The Labute approximate surface area is 130 Å². The molecular weight excluding hydrogens is 270 g/mol. The molecule has 1 N–H and O–H groups in total. The Bertz CT molecular complexity index is 893. The van der Waals surface area contributed by atoms with Gasteiger partial charge in [0.05, 0.1) is 16.8 Å². The predicted octanol–water partition coefficient (Wildman–Crippen LogP) is 4.40. The molecule has 2 heteroatoms. The minimum absolute atomic E-state index is 0.374. The van der Waals surface area contributed by atoms with Crippen molar-refractivity contribution in [3.05, 3.63) is 65.7 Å². The van der Waals surface area contributed by atoms with Crippen LogP contribution in [-0.4, -0.2) is 10.1 Å². The lowest BCUT2D eigenvalue weighted by atomic mass is 9.62. The first-order valence-corrected chi connectivity index (χ1v) is 7.65. The van der Waals surface area contributed by atoms with E-state index in [2.05, 4.69) is 32.0 Å². The molecule has 0 saturated heterocycles. The second-order valence-electron chi connectivity index (χ2n) is 6.82. The van der Waals surface area contributed by atoms with Crippen LogP contribution < -0.4 is 0 Å². The van der Waals surface area contributed by atoms with E-state index in [-0.39, 0.29) is 5.41 Å². The molecule has 1 aliphatic carbocycles. The Kier molecular flexibility index (Phi) is 2.56. The summed E-state index contributed by atoms with van der Waals surface area (Å²) in [5, 5.41) is 12.4. The topological polar surface area (TPSA) is 33.1 Å². The van der Waals surface area contributed by atoms with Gasteiger partial charge in [-0.15, -0.1) is 0 Å². The van der Waals surface area contributed by atoms with E-state index in [1.165, 1.54) is 0 Å². The van der Waals surface area contributed by atoms with E-state index >= 15 is 0 Å². The monoisotopic (exact) mass is 289 g/mol. The number of benzene rings is 2. The number of rotatable bonds is 0. The average molecular weight is 289 g/mol. The van der Waals surface area contributed by atoms with Gasteiger partial charge in [0.2, 0.25) is 0 Å². The summed E-state index contributed by atoms with van der Waals surface area (Å²) in [6.07, 6.45) is 0. The molecule has 0 radical (unpaired) electrons. The molecule has 0 aliphatic heterocycles. The van der Waals surface area contributed by atoms with Crippen LogP contribution in [0.3, 0.4) is 0 Å². The van der Waals surface area contributed by atoms with Crippen molar-refractivity contribution in [3.8, 4) is 11.3 Å². The molecule has 0 spiro atoms. The van der Waals surface area contributed by atoms with E-state index in [1.807, 2.05) is 43.3 Å². The number of hydrogen-bond donors (Lipinski definition) is 1. The van der Waals surface area contributed by atoms with E-state index in [9.17, 15) is 5.11 Å². The molecule has 1 heterocycles. The Balaban J connectivity index is 2.17. The average Bonchev–Trinajstić information content (AvgIpc) is 2.52. The number of hydrogen-bond acceptors (Lipinski definition) is 2. The lowest BCUT2D eigenvalue weighted by Gasteiger charge is -2.46. The molecule has 0 bridgehead atoms. The molecule has 2 nitrogen and oxygen atoms in total. The van der Waals surface area contributed by atoms with Gasteiger partial charge in [0, 0.05) is 21.9 Å². The van der Waals surface area contributed by atoms with Crippen molar-refractivity contribution in [3.63, 3.8) is 0 Å². The van der Waals surface area contributed by atoms with Crippen molar-refractivity contribution in [1.82, 2.24) is 4.98 Å². The Morgan fingerprint density at radius 1 is 0.864 bits per heavy atom. The third-order valence-corrected chi connectivity index (χ3v) is 5.32. The molecule has 22 heavy (non-hydrogen) atoms. The highest BCUT2D eigenvalue weighted by Gasteiger charge is 2.48. The minimum atomic E-state index is -0.965. The first-order valence-electron chi connectivity index (χ1n) is 7.65. The molecule has 110 valence electrons. The normalized spacial score (nSPS) is 22.2. The Morgan fingerprint density at radius 3 is 2.36 bits per heavy atom.